The summed E-state index contributed by atoms with van der Waals surface area (Å²) < 4.78 is 1.85. The molecule has 0 aliphatic carbocycles. The summed E-state index contributed by atoms with van der Waals surface area (Å²) in [5, 5.41) is 3.21. The largest absolute Gasteiger partial charge is 0.338 e. The van der Waals surface area contributed by atoms with E-state index in [-0.39, 0.29) is 24.8 Å². The summed E-state index contributed by atoms with van der Waals surface area (Å²) in [6.07, 6.45) is 2.07. The van der Waals surface area contributed by atoms with Crippen molar-refractivity contribution in [2.75, 3.05) is 0 Å². The van der Waals surface area contributed by atoms with Crippen molar-refractivity contribution in [3.63, 3.8) is 0 Å². The molecule has 5 heteroatoms. The second kappa shape index (κ2) is 7.33. The summed E-state index contributed by atoms with van der Waals surface area (Å²) in [6.45, 7) is 0.141. The normalized spacial score (nSPS) is 10.8. The zero-order valence-corrected chi connectivity index (χ0v) is 14.7. The van der Waals surface area contributed by atoms with Crippen LogP contribution in [0.3, 0.4) is 0 Å². The predicted molar refractivity (Wildman–Crippen MR) is 106 cm³/mol. The molecule has 0 saturated heterocycles. The molecule has 0 fully saturated rings. The van der Waals surface area contributed by atoms with Crippen LogP contribution in [0.2, 0.25) is 0 Å². The fourth-order valence-corrected chi connectivity index (χ4v) is 3.28. The van der Waals surface area contributed by atoms with E-state index < -0.39 is 0 Å². The molecular weight excluding hydrogens is 338 g/mol. The van der Waals surface area contributed by atoms with Gasteiger partial charge in [-0.1, -0.05) is 60.7 Å². The summed E-state index contributed by atoms with van der Waals surface area (Å²) in [4.78, 5) is 24.4. The Morgan fingerprint density at radius 2 is 1.44 bits per heavy atom. The maximum absolute atomic E-state index is 12.2. The van der Waals surface area contributed by atoms with Gasteiger partial charge < -0.3 is 4.57 Å². The number of hydrazine groups is 1. The number of aromatic nitrogens is 1. The van der Waals surface area contributed by atoms with E-state index in [9.17, 15) is 9.59 Å². The van der Waals surface area contributed by atoms with E-state index in [2.05, 4.69) is 10.9 Å². The lowest BCUT2D eigenvalue weighted by atomic mass is 10.0. The Morgan fingerprint density at radius 1 is 0.741 bits per heavy atom. The molecule has 5 nitrogen and oxygen atoms in total. The maximum atomic E-state index is 12.2. The number of hydrogen-bond donors (Lipinski definition) is 2. The number of rotatable bonds is 4. The summed E-state index contributed by atoms with van der Waals surface area (Å²) in [7, 11) is 0. The average Bonchev–Trinajstić information content (AvgIpc) is 3.10. The highest BCUT2D eigenvalue weighted by Crippen LogP contribution is 2.18. The molecule has 3 aromatic carbocycles. The van der Waals surface area contributed by atoms with Crippen LogP contribution in [0.1, 0.15) is 5.56 Å². The molecule has 0 saturated carbocycles. The first-order valence-electron chi connectivity index (χ1n) is 8.79. The topological polar surface area (TPSA) is 63.1 Å². The van der Waals surface area contributed by atoms with Crippen molar-refractivity contribution in [3.05, 3.63) is 84.6 Å². The van der Waals surface area contributed by atoms with E-state index >= 15 is 0 Å². The zero-order chi connectivity index (χ0) is 18.6. The van der Waals surface area contributed by atoms with E-state index in [0.717, 1.165) is 27.2 Å². The molecule has 1 heterocycles. The van der Waals surface area contributed by atoms with Crippen molar-refractivity contribution in [2.24, 2.45) is 0 Å². The molecule has 4 aromatic rings. The molecule has 0 atom stereocenters. The minimum Gasteiger partial charge on any atom is -0.338 e. The first-order valence-corrected chi connectivity index (χ1v) is 8.79. The van der Waals surface area contributed by atoms with Gasteiger partial charge in [-0.25, -0.2) is 0 Å². The molecule has 0 aliphatic heterocycles. The average molecular weight is 357 g/mol. The number of carbonyl (C=O) groups excluding carboxylic acids is 2. The Morgan fingerprint density at radius 3 is 2.33 bits per heavy atom. The minimum atomic E-state index is -0.275. The Balaban J connectivity index is 1.37. The van der Waals surface area contributed by atoms with Crippen LogP contribution in [0.5, 0.6) is 0 Å². The molecule has 0 spiro atoms. The first kappa shape index (κ1) is 16.8. The van der Waals surface area contributed by atoms with Crippen LogP contribution in [-0.4, -0.2) is 16.4 Å². The molecule has 0 unspecified atom stereocenters. The van der Waals surface area contributed by atoms with E-state index in [1.807, 2.05) is 83.6 Å². The van der Waals surface area contributed by atoms with Crippen molar-refractivity contribution < 1.29 is 9.59 Å². The molecule has 2 amide bonds. The molecular formula is C22H19N3O2. The number of fused-ring (bicyclic) bond motifs is 2. The second-order valence-electron chi connectivity index (χ2n) is 6.41. The van der Waals surface area contributed by atoms with E-state index in [1.165, 1.54) is 0 Å². The third-order valence-electron chi connectivity index (χ3n) is 4.57. The molecule has 0 bridgehead atoms. The quantitative estimate of drug-likeness (QED) is 0.551. The standard InChI is InChI=1S/C22H19N3O2/c26-21(14-18-9-5-8-16-6-1-3-10-19(16)18)23-24-22(27)15-25-13-12-17-7-2-4-11-20(17)25/h1-13H,14-15H2,(H,23,26)(H,24,27). The molecule has 0 radical (unpaired) electrons. The van der Waals surface area contributed by atoms with E-state index in [0.29, 0.717) is 0 Å². The van der Waals surface area contributed by atoms with Crippen molar-refractivity contribution in [1.29, 1.82) is 0 Å². The number of benzene rings is 3. The summed E-state index contributed by atoms with van der Waals surface area (Å²) in [6, 6.07) is 23.6. The fourth-order valence-electron chi connectivity index (χ4n) is 3.28. The van der Waals surface area contributed by atoms with Gasteiger partial charge in [-0.05, 0) is 33.9 Å². The lowest BCUT2D eigenvalue weighted by molar-refractivity contribution is -0.128. The van der Waals surface area contributed by atoms with Gasteiger partial charge in [0.2, 0.25) is 5.91 Å². The van der Waals surface area contributed by atoms with Crippen LogP contribution < -0.4 is 10.9 Å². The highest BCUT2D eigenvalue weighted by Gasteiger charge is 2.09. The van der Waals surface area contributed by atoms with Crippen molar-refractivity contribution in [1.82, 2.24) is 15.4 Å². The Kier molecular flexibility index (Phi) is 4.58. The smallest absolute Gasteiger partial charge is 0.258 e. The lowest BCUT2D eigenvalue weighted by Crippen LogP contribution is -2.43. The highest BCUT2D eigenvalue weighted by atomic mass is 16.2. The van der Waals surface area contributed by atoms with Gasteiger partial charge in [0, 0.05) is 11.7 Å². The number of carbonyl (C=O) groups is 2. The van der Waals surface area contributed by atoms with Gasteiger partial charge in [-0.2, -0.15) is 0 Å². The Bertz CT molecular complexity index is 1130. The van der Waals surface area contributed by atoms with E-state index in [1.54, 1.807) is 0 Å². The number of amides is 2. The van der Waals surface area contributed by atoms with Gasteiger partial charge in [-0.3, -0.25) is 20.4 Å². The van der Waals surface area contributed by atoms with Crippen LogP contribution in [0.25, 0.3) is 21.7 Å². The van der Waals surface area contributed by atoms with Crippen LogP contribution in [0.15, 0.2) is 79.0 Å². The SMILES string of the molecule is O=C(Cc1cccc2ccccc12)NNC(=O)Cn1ccc2ccccc21. The van der Waals surface area contributed by atoms with Crippen molar-refractivity contribution >= 4 is 33.5 Å². The summed E-state index contributed by atoms with van der Waals surface area (Å²) >= 11 is 0. The third-order valence-corrected chi connectivity index (χ3v) is 4.57. The predicted octanol–water partition coefficient (Wildman–Crippen LogP) is 3.18. The number of nitrogens with one attached hydrogen (secondary N) is 2. The van der Waals surface area contributed by atoms with Crippen LogP contribution in [0, 0.1) is 0 Å². The molecule has 2 N–H and O–H groups in total. The molecule has 27 heavy (non-hydrogen) atoms. The minimum absolute atomic E-state index is 0.141. The second-order valence-corrected chi connectivity index (χ2v) is 6.41. The summed E-state index contributed by atoms with van der Waals surface area (Å²) in [5.41, 5.74) is 6.91. The highest BCUT2D eigenvalue weighted by molar-refractivity contribution is 5.91. The van der Waals surface area contributed by atoms with Crippen molar-refractivity contribution in [3.8, 4) is 0 Å². The fraction of sp³-hybridized carbons (Fsp3) is 0.0909. The number of nitrogens with zero attached hydrogens (tertiary/aromatic N) is 1. The van der Waals surface area contributed by atoms with Gasteiger partial charge in [0.25, 0.3) is 5.91 Å². The lowest BCUT2D eigenvalue weighted by Gasteiger charge is -2.10. The van der Waals surface area contributed by atoms with Gasteiger partial charge in [0.15, 0.2) is 0 Å². The maximum Gasteiger partial charge on any atom is 0.258 e. The van der Waals surface area contributed by atoms with Gasteiger partial charge in [-0.15, -0.1) is 0 Å². The van der Waals surface area contributed by atoms with Crippen LogP contribution in [0.4, 0.5) is 0 Å². The zero-order valence-electron chi connectivity index (χ0n) is 14.7. The van der Waals surface area contributed by atoms with E-state index in [4.69, 9.17) is 0 Å². The summed E-state index contributed by atoms with van der Waals surface area (Å²) in [5.74, 6) is -0.528. The Labute approximate surface area is 156 Å². The molecule has 134 valence electrons. The van der Waals surface area contributed by atoms with Gasteiger partial charge in [0.05, 0.1) is 6.42 Å². The number of hydrogen-bond acceptors (Lipinski definition) is 2. The molecule has 4 rings (SSSR count). The monoisotopic (exact) mass is 357 g/mol. The van der Waals surface area contributed by atoms with Gasteiger partial charge in [0.1, 0.15) is 6.54 Å². The Hall–Kier alpha value is -3.60. The first-order chi connectivity index (χ1) is 13.2. The van der Waals surface area contributed by atoms with Crippen molar-refractivity contribution in [2.45, 2.75) is 13.0 Å². The van der Waals surface area contributed by atoms with Gasteiger partial charge >= 0.3 is 0 Å². The van der Waals surface area contributed by atoms with Crippen LogP contribution >= 0.6 is 0 Å². The van der Waals surface area contributed by atoms with Crippen LogP contribution in [-0.2, 0) is 22.6 Å². The molecule has 1 aromatic heterocycles. The third kappa shape index (κ3) is 3.67. The molecule has 0 aliphatic rings. The number of para-hydroxylation sites is 1.